The summed E-state index contributed by atoms with van der Waals surface area (Å²) in [5.41, 5.74) is 1.56. The summed E-state index contributed by atoms with van der Waals surface area (Å²) in [6.07, 6.45) is 5.17. The van der Waals surface area contributed by atoms with Crippen LogP contribution in [0.2, 0.25) is 0 Å². The lowest BCUT2D eigenvalue weighted by molar-refractivity contribution is -0.384. The summed E-state index contributed by atoms with van der Waals surface area (Å²) in [5.74, 6) is -2.68. The Morgan fingerprint density at radius 3 is 2.38 bits per heavy atom. The number of rotatable bonds is 5. The number of nitro benzene ring substituents is 1. The first-order valence-electron chi connectivity index (χ1n) is 12.4. The maximum absolute atomic E-state index is 13.7. The molecule has 3 aromatic rings. The molecule has 37 heavy (non-hydrogen) atoms. The summed E-state index contributed by atoms with van der Waals surface area (Å²) in [6.45, 7) is 1.65. The number of amides is 1. The van der Waals surface area contributed by atoms with Gasteiger partial charge in [0.1, 0.15) is 12.1 Å². The van der Waals surface area contributed by atoms with Crippen molar-refractivity contribution in [1.82, 2.24) is 19.6 Å². The van der Waals surface area contributed by atoms with E-state index in [0.29, 0.717) is 28.3 Å². The highest BCUT2D eigenvalue weighted by molar-refractivity contribution is 6.08. The van der Waals surface area contributed by atoms with Crippen LogP contribution >= 0.6 is 0 Å². The minimum absolute atomic E-state index is 0.0783. The van der Waals surface area contributed by atoms with Crippen molar-refractivity contribution in [2.75, 3.05) is 41.3 Å². The van der Waals surface area contributed by atoms with E-state index in [0.717, 1.165) is 25.9 Å². The van der Waals surface area contributed by atoms with E-state index in [1.54, 1.807) is 11.0 Å². The molecular weight excluding hydrogens is 486 g/mol. The SMILES string of the molecule is O=C(Nc1cc2ncnn2c(N2CCC(F)(F)CC2)n1)c1ccc([N+](=O)[O-])cc1N1CCC2(CC1)CC2. The number of carbonyl (C=O) groups is 1. The van der Waals surface area contributed by atoms with E-state index < -0.39 is 16.8 Å². The van der Waals surface area contributed by atoms with E-state index in [4.69, 9.17) is 0 Å². The van der Waals surface area contributed by atoms with E-state index >= 15 is 0 Å². The van der Waals surface area contributed by atoms with Crippen molar-refractivity contribution < 1.29 is 18.5 Å². The molecule has 6 rings (SSSR count). The van der Waals surface area contributed by atoms with Gasteiger partial charge in [-0.25, -0.2) is 13.8 Å². The Balaban J connectivity index is 1.29. The number of non-ortho nitro benzene ring substituents is 1. The average Bonchev–Trinajstić information content (AvgIpc) is 3.45. The number of carbonyl (C=O) groups excluding carboxylic acids is 1. The number of halogens is 2. The van der Waals surface area contributed by atoms with Crippen LogP contribution in [0.25, 0.3) is 5.65 Å². The van der Waals surface area contributed by atoms with Crippen LogP contribution in [-0.2, 0) is 0 Å². The van der Waals surface area contributed by atoms with Crippen molar-refractivity contribution in [2.45, 2.75) is 44.4 Å². The van der Waals surface area contributed by atoms with Crippen LogP contribution in [0.1, 0.15) is 48.9 Å². The van der Waals surface area contributed by atoms with Gasteiger partial charge >= 0.3 is 0 Å². The van der Waals surface area contributed by atoms with Crippen LogP contribution in [0.3, 0.4) is 0 Å². The van der Waals surface area contributed by atoms with Gasteiger partial charge in [0.15, 0.2) is 5.65 Å². The fraction of sp³-hybridized carbons (Fsp3) is 0.500. The molecule has 0 radical (unpaired) electrons. The van der Waals surface area contributed by atoms with Crippen LogP contribution in [0.4, 0.5) is 31.9 Å². The van der Waals surface area contributed by atoms with E-state index in [2.05, 4.69) is 20.4 Å². The molecule has 1 aromatic carbocycles. The van der Waals surface area contributed by atoms with Crippen molar-refractivity contribution in [1.29, 1.82) is 0 Å². The second-order valence-corrected chi connectivity index (χ2v) is 10.2. The van der Waals surface area contributed by atoms with Crippen LogP contribution < -0.4 is 15.1 Å². The normalized spacial score (nSPS) is 20.3. The highest BCUT2D eigenvalue weighted by Gasteiger charge is 2.44. The van der Waals surface area contributed by atoms with Gasteiger partial charge in [0, 0.05) is 57.2 Å². The molecule has 0 atom stereocenters. The molecule has 194 valence electrons. The molecule has 4 heterocycles. The maximum atomic E-state index is 13.7. The fourth-order valence-electron chi connectivity index (χ4n) is 5.28. The summed E-state index contributed by atoms with van der Waals surface area (Å²) in [5, 5.41) is 18.4. The first-order chi connectivity index (χ1) is 17.7. The summed E-state index contributed by atoms with van der Waals surface area (Å²) < 4.78 is 28.9. The third-order valence-electron chi connectivity index (χ3n) is 7.83. The third-order valence-corrected chi connectivity index (χ3v) is 7.83. The Kier molecular flexibility index (Phi) is 5.46. The largest absolute Gasteiger partial charge is 0.371 e. The number of piperidine rings is 2. The zero-order chi connectivity index (χ0) is 25.8. The minimum atomic E-state index is -2.72. The number of benzene rings is 1. The van der Waals surface area contributed by atoms with Crippen molar-refractivity contribution >= 4 is 34.7 Å². The van der Waals surface area contributed by atoms with Gasteiger partial charge < -0.3 is 15.1 Å². The van der Waals surface area contributed by atoms with Crippen molar-refractivity contribution in [2.24, 2.45) is 5.41 Å². The van der Waals surface area contributed by atoms with Gasteiger partial charge in [-0.05, 0) is 37.2 Å². The standard InChI is InChI=1S/C24H26F2N8O3/c25-24(26)7-11-32(12-8-24)22-30-19(14-20-27-15-28-33(20)22)29-21(35)17-2-1-16(34(36)37)13-18(17)31-9-5-23(3-4-23)6-10-31/h1-2,13-15H,3-12H2,(H,29,35). The van der Waals surface area contributed by atoms with Crippen LogP contribution in [0, 0.1) is 15.5 Å². The molecule has 3 fully saturated rings. The lowest BCUT2D eigenvalue weighted by Gasteiger charge is -2.34. The number of anilines is 3. The van der Waals surface area contributed by atoms with Gasteiger partial charge in [-0.3, -0.25) is 14.9 Å². The van der Waals surface area contributed by atoms with Crippen LogP contribution in [0.15, 0.2) is 30.6 Å². The topological polar surface area (TPSA) is 122 Å². The van der Waals surface area contributed by atoms with Gasteiger partial charge in [-0.2, -0.15) is 14.6 Å². The quantitative estimate of drug-likeness (QED) is 0.404. The third kappa shape index (κ3) is 4.53. The minimum Gasteiger partial charge on any atom is -0.371 e. The Labute approximate surface area is 210 Å². The smallest absolute Gasteiger partial charge is 0.271 e. The number of nitrogens with zero attached hydrogens (tertiary/aromatic N) is 7. The first kappa shape index (κ1) is 23.5. The van der Waals surface area contributed by atoms with Crippen molar-refractivity contribution in [3.8, 4) is 0 Å². The first-order valence-corrected chi connectivity index (χ1v) is 12.4. The summed E-state index contributed by atoms with van der Waals surface area (Å²) >= 11 is 0. The van der Waals surface area contributed by atoms with E-state index in [1.165, 1.54) is 41.9 Å². The molecule has 0 bridgehead atoms. The molecule has 3 aliphatic rings. The second kappa shape index (κ2) is 8.60. The maximum Gasteiger partial charge on any atom is 0.271 e. The highest BCUT2D eigenvalue weighted by Crippen LogP contribution is 2.54. The van der Waals surface area contributed by atoms with E-state index in [9.17, 15) is 23.7 Å². The number of fused-ring (bicyclic) bond motifs is 1. The molecule has 0 unspecified atom stereocenters. The predicted molar refractivity (Wildman–Crippen MR) is 131 cm³/mol. The number of aromatic nitrogens is 4. The van der Waals surface area contributed by atoms with Gasteiger partial charge in [-0.15, -0.1) is 0 Å². The van der Waals surface area contributed by atoms with Gasteiger partial charge in [-0.1, -0.05) is 0 Å². The fourth-order valence-corrected chi connectivity index (χ4v) is 5.28. The Hall–Kier alpha value is -3.90. The van der Waals surface area contributed by atoms with E-state index in [-0.39, 0.29) is 37.4 Å². The molecule has 2 aliphatic heterocycles. The number of hydrogen-bond acceptors (Lipinski definition) is 8. The Morgan fingerprint density at radius 1 is 1.00 bits per heavy atom. The van der Waals surface area contributed by atoms with Gasteiger partial charge in [0.05, 0.1) is 16.2 Å². The zero-order valence-corrected chi connectivity index (χ0v) is 20.1. The van der Waals surface area contributed by atoms with Crippen molar-refractivity contribution in [3.05, 3.63) is 46.3 Å². The molecule has 1 N–H and O–H groups in total. The van der Waals surface area contributed by atoms with Gasteiger partial charge in [0.25, 0.3) is 17.5 Å². The zero-order valence-electron chi connectivity index (χ0n) is 20.1. The van der Waals surface area contributed by atoms with Gasteiger partial charge in [0.2, 0.25) is 5.95 Å². The molecule has 1 saturated carbocycles. The van der Waals surface area contributed by atoms with Crippen LogP contribution in [0.5, 0.6) is 0 Å². The second-order valence-electron chi connectivity index (χ2n) is 10.2. The Morgan fingerprint density at radius 2 is 1.70 bits per heavy atom. The molecule has 11 nitrogen and oxygen atoms in total. The number of alkyl halides is 2. The molecule has 1 aliphatic carbocycles. The lowest BCUT2D eigenvalue weighted by atomic mass is 9.93. The lowest BCUT2D eigenvalue weighted by Crippen LogP contribution is -2.40. The monoisotopic (exact) mass is 512 g/mol. The Bertz CT molecular complexity index is 1370. The number of nitrogens with one attached hydrogen (secondary N) is 1. The highest BCUT2D eigenvalue weighted by atomic mass is 19.3. The van der Waals surface area contributed by atoms with Crippen LogP contribution in [-0.4, -0.2) is 62.5 Å². The molecule has 2 aromatic heterocycles. The van der Waals surface area contributed by atoms with E-state index in [1.807, 2.05) is 4.90 Å². The number of hydrogen-bond donors (Lipinski definition) is 1. The summed E-state index contributed by atoms with van der Waals surface area (Å²) in [4.78, 5) is 36.9. The number of nitro groups is 1. The molecule has 1 amide bonds. The summed E-state index contributed by atoms with van der Waals surface area (Å²) in [7, 11) is 0. The molecule has 2 saturated heterocycles. The average molecular weight is 513 g/mol. The predicted octanol–water partition coefficient (Wildman–Crippen LogP) is 3.90. The molecule has 13 heteroatoms. The molecular formula is C24H26F2N8O3. The molecule has 1 spiro atoms. The van der Waals surface area contributed by atoms with Crippen molar-refractivity contribution in [3.63, 3.8) is 0 Å². The summed E-state index contributed by atoms with van der Waals surface area (Å²) in [6, 6.07) is 5.79.